The second kappa shape index (κ2) is 11.1. The van der Waals surface area contributed by atoms with Crippen molar-refractivity contribution in [2.24, 2.45) is 17.3 Å². The molecule has 0 saturated heterocycles. The van der Waals surface area contributed by atoms with E-state index >= 15 is 0 Å². The summed E-state index contributed by atoms with van der Waals surface area (Å²) in [7, 11) is 0. The topological polar surface area (TPSA) is 74.6 Å². The molecule has 0 bridgehead atoms. The number of carbonyl (C=O) groups is 2. The Morgan fingerprint density at radius 2 is 2.04 bits per heavy atom. The van der Waals surface area contributed by atoms with Crippen molar-refractivity contribution in [2.45, 2.75) is 71.8 Å². The lowest BCUT2D eigenvalue weighted by Crippen LogP contribution is -2.27. The van der Waals surface area contributed by atoms with E-state index in [2.05, 4.69) is 20.8 Å². The molecule has 0 fully saturated rings. The molecule has 146 valence electrons. The molecule has 4 heteroatoms. The van der Waals surface area contributed by atoms with Gasteiger partial charge < -0.3 is 10.2 Å². The molecule has 0 aromatic carbocycles. The predicted molar refractivity (Wildman–Crippen MR) is 105 cm³/mol. The van der Waals surface area contributed by atoms with E-state index < -0.39 is 12.1 Å². The molecule has 0 aliphatic heterocycles. The fourth-order valence-corrected chi connectivity index (χ4v) is 3.13. The molecular weight excluding hydrogens is 328 g/mol. The monoisotopic (exact) mass is 362 g/mol. The van der Waals surface area contributed by atoms with Crippen molar-refractivity contribution in [2.75, 3.05) is 0 Å². The first kappa shape index (κ1) is 22.4. The Kier molecular flexibility index (Phi) is 9.57. The second-order valence-electron chi connectivity index (χ2n) is 7.86. The van der Waals surface area contributed by atoms with E-state index in [1.165, 1.54) is 0 Å². The van der Waals surface area contributed by atoms with E-state index in [1.54, 1.807) is 6.08 Å². The highest BCUT2D eigenvalue weighted by Gasteiger charge is 2.29. The quantitative estimate of drug-likeness (QED) is 0.390. The Balaban J connectivity index is 2.54. The average molecular weight is 363 g/mol. The lowest BCUT2D eigenvalue weighted by atomic mass is 9.80. The van der Waals surface area contributed by atoms with Crippen LogP contribution in [0.5, 0.6) is 0 Å². The molecule has 0 saturated carbocycles. The van der Waals surface area contributed by atoms with Crippen LogP contribution >= 0.6 is 0 Å². The third-order valence-corrected chi connectivity index (χ3v) is 5.12. The van der Waals surface area contributed by atoms with Gasteiger partial charge in [-0.2, -0.15) is 0 Å². The highest BCUT2D eigenvalue weighted by Crippen LogP contribution is 2.31. The molecular formula is C22H34O4. The Labute approximate surface area is 157 Å². The molecule has 1 rings (SSSR count). The van der Waals surface area contributed by atoms with E-state index in [-0.39, 0.29) is 29.5 Å². The highest BCUT2D eigenvalue weighted by molar-refractivity contribution is 5.95. The van der Waals surface area contributed by atoms with Crippen LogP contribution in [0.1, 0.15) is 65.7 Å². The lowest BCUT2D eigenvalue weighted by molar-refractivity contribution is -0.137. The molecule has 4 nitrogen and oxygen atoms in total. The third-order valence-electron chi connectivity index (χ3n) is 5.12. The first-order chi connectivity index (χ1) is 12.3. The molecule has 0 spiro atoms. The largest absolute Gasteiger partial charge is 0.481 e. The minimum absolute atomic E-state index is 0.0165. The number of ketones is 1. The molecule has 2 N–H and O–H groups in total. The standard InChI is InChI=1S/C22H34O4/c1-4-5-16-22(2,3)20(24)15-13-17-12-14-19(23)18(17)10-8-6-7-9-11-21(25)26/h6,8,12-15,17-18,20,24H,4-5,7,9-11,16H2,1-3H3,(H,25,26)/b8-6-,15-13+/t17-,18-,20+/m1/s1. The zero-order chi connectivity index (χ0) is 19.6. The van der Waals surface area contributed by atoms with E-state index in [0.717, 1.165) is 19.3 Å². The fraction of sp³-hybridized carbons (Fsp3) is 0.636. The van der Waals surface area contributed by atoms with Crippen molar-refractivity contribution in [1.29, 1.82) is 0 Å². The zero-order valence-corrected chi connectivity index (χ0v) is 16.4. The van der Waals surface area contributed by atoms with Gasteiger partial charge in [0.2, 0.25) is 0 Å². The maximum Gasteiger partial charge on any atom is 0.303 e. The van der Waals surface area contributed by atoms with Crippen LogP contribution in [0, 0.1) is 17.3 Å². The summed E-state index contributed by atoms with van der Waals surface area (Å²) in [4.78, 5) is 22.6. The lowest BCUT2D eigenvalue weighted by Gasteiger charge is -2.28. The number of carbonyl (C=O) groups excluding carboxylic acids is 1. The summed E-state index contributed by atoms with van der Waals surface area (Å²) in [5, 5.41) is 19.1. The molecule has 0 heterocycles. The van der Waals surface area contributed by atoms with E-state index in [1.807, 2.05) is 30.4 Å². The number of hydrogen-bond acceptors (Lipinski definition) is 3. The normalized spacial score (nSPS) is 21.9. The molecule has 0 aromatic rings. The van der Waals surface area contributed by atoms with E-state index in [4.69, 9.17) is 5.11 Å². The van der Waals surface area contributed by atoms with Crippen LogP contribution in [-0.2, 0) is 9.59 Å². The van der Waals surface area contributed by atoms with Gasteiger partial charge in [-0.3, -0.25) is 9.59 Å². The van der Waals surface area contributed by atoms with Gasteiger partial charge in [-0.05, 0) is 37.2 Å². The second-order valence-corrected chi connectivity index (χ2v) is 7.86. The van der Waals surface area contributed by atoms with E-state index in [9.17, 15) is 14.7 Å². The number of allylic oxidation sites excluding steroid dienone is 5. The van der Waals surface area contributed by atoms with Crippen molar-refractivity contribution in [3.63, 3.8) is 0 Å². The molecule has 0 aromatic heterocycles. The molecule has 0 radical (unpaired) electrons. The molecule has 1 aliphatic carbocycles. The first-order valence-corrected chi connectivity index (χ1v) is 9.73. The molecule has 3 atom stereocenters. The number of hydrogen-bond donors (Lipinski definition) is 2. The first-order valence-electron chi connectivity index (χ1n) is 9.73. The molecule has 26 heavy (non-hydrogen) atoms. The highest BCUT2D eigenvalue weighted by atomic mass is 16.4. The van der Waals surface area contributed by atoms with Gasteiger partial charge in [-0.1, -0.05) is 64.0 Å². The SMILES string of the molecule is CCCCC(C)(C)[C@@H](O)/C=C/[C@H]1C=CC(=O)[C@@H]1C/C=C\CCCC(=O)O. The van der Waals surface area contributed by atoms with Crippen LogP contribution in [0.25, 0.3) is 0 Å². The Bertz CT molecular complexity index is 542. The predicted octanol–water partition coefficient (Wildman–Crippen LogP) is 4.69. The number of carboxylic acids is 1. The van der Waals surface area contributed by atoms with Crippen molar-refractivity contribution in [3.05, 3.63) is 36.5 Å². The van der Waals surface area contributed by atoms with Gasteiger partial charge in [0, 0.05) is 18.3 Å². The molecule has 0 amide bonds. The minimum atomic E-state index is -0.779. The smallest absolute Gasteiger partial charge is 0.303 e. The van der Waals surface area contributed by atoms with Crippen LogP contribution in [0.15, 0.2) is 36.5 Å². The number of aliphatic carboxylic acids is 1. The van der Waals surface area contributed by atoms with Gasteiger partial charge in [0.05, 0.1) is 6.10 Å². The van der Waals surface area contributed by atoms with Crippen molar-refractivity contribution in [1.82, 2.24) is 0 Å². The van der Waals surface area contributed by atoms with Crippen molar-refractivity contribution < 1.29 is 19.8 Å². The van der Waals surface area contributed by atoms with Gasteiger partial charge in [0.25, 0.3) is 0 Å². The minimum Gasteiger partial charge on any atom is -0.481 e. The summed E-state index contributed by atoms with van der Waals surface area (Å²) in [5.74, 6) is -0.760. The Morgan fingerprint density at radius 3 is 2.69 bits per heavy atom. The van der Waals surface area contributed by atoms with Gasteiger partial charge in [-0.25, -0.2) is 0 Å². The zero-order valence-electron chi connectivity index (χ0n) is 16.4. The molecule has 1 aliphatic rings. The summed E-state index contributed by atoms with van der Waals surface area (Å²) in [6.45, 7) is 6.29. The number of aliphatic hydroxyl groups excluding tert-OH is 1. The maximum atomic E-state index is 12.1. The van der Waals surface area contributed by atoms with Crippen LogP contribution < -0.4 is 0 Å². The number of rotatable bonds is 12. The number of unbranched alkanes of at least 4 members (excludes halogenated alkanes) is 2. The summed E-state index contributed by atoms with van der Waals surface area (Å²) in [6.07, 6.45) is 16.1. The summed E-state index contributed by atoms with van der Waals surface area (Å²) < 4.78 is 0. The van der Waals surface area contributed by atoms with Gasteiger partial charge in [0.1, 0.15) is 0 Å². The Hall–Kier alpha value is -1.68. The number of carboxylic acid groups (broad SMARTS) is 1. The summed E-state index contributed by atoms with van der Waals surface area (Å²) in [6, 6.07) is 0. The number of aliphatic hydroxyl groups is 1. The Morgan fingerprint density at radius 1 is 1.31 bits per heavy atom. The third kappa shape index (κ3) is 7.69. The molecule has 0 unspecified atom stereocenters. The fourth-order valence-electron chi connectivity index (χ4n) is 3.13. The van der Waals surface area contributed by atoms with Crippen LogP contribution in [0.3, 0.4) is 0 Å². The van der Waals surface area contributed by atoms with Crippen LogP contribution in [0.2, 0.25) is 0 Å². The van der Waals surface area contributed by atoms with Gasteiger partial charge in [-0.15, -0.1) is 0 Å². The van der Waals surface area contributed by atoms with Crippen LogP contribution in [0.4, 0.5) is 0 Å². The van der Waals surface area contributed by atoms with Crippen LogP contribution in [-0.4, -0.2) is 28.1 Å². The van der Waals surface area contributed by atoms with E-state index in [0.29, 0.717) is 19.3 Å². The summed E-state index contributed by atoms with van der Waals surface area (Å²) in [5.41, 5.74) is -0.168. The maximum absolute atomic E-state index is 12.1. The van der Waals surface area contributed by atoms with Crippen molar-refractivity contribution >= 4 is 11.8 Å². The average Bonchev–Trinajstić information content (AvgIpc) is 2.93. The van der Waals surface area contributed by atoms with Crippen molar-refractivity contribution in [3.8, 4) is 0 Å². The summed E-state index contributed by atoms with van der Waals surface area (Å²) >= 11 is 0. The van der Waals surface area contributed by atoms with Gasteiger partial charge in [0.15, 0.2) is 5.78 Å². The van der Waals surface area contributed by atoms with Gasteiger partial charge >= 0.3 is 5.97 Å².